The molecule has 0 radical (unpaired) electrons. The number of hydrogen-bond acceptors (Lipinski definition) is 10. The molecule has 0 spiro atoms. The van der Waals surface area contributed by atoms with E-state index in [-0.39, 0.29) is 31.4 Å². The first kappa shape index (κ1) is 29.2. The highest BCUT2D eigenvalue weighted by molar-refractivity contribution is 5.90. The van der Waals surface area contributed by atoms with E-state index in [0.29, 0.717) is 66.6 Å². The Bertz CT molecular complexity index is 1280. The topological polar surface area (TPSA) is 145 Å². The SMILES string of the molecule is CC(=O)NC[C@H]1CN(c2ccc(N3CCN(Cc4nc(C)c(OC(C)=O)c(CO)c4CO)CC3)c(F)c2)C(=O)O1. The monoisotopic (exact) mass is 559 g/mol. The van der Waals surface area contributed by atoms with E-state index in [4.69, 9.17) is 9.47 Å². The van der Waals surface area contributed by atoms with Crippen molar-refractivity contribution in [2.45, 2.75) is 46.6 Å². The van der Waals surface area contributed by atoms with Gasteiger partial charge >= 0.3 is 12.1 Å². The largest absolute Gasteiger partial charge is 0.442 e. The summed E-state index contributed by atoms with van der Waals surface area (Å²) in [6, 6.07) is 4.63. The Morgan fingerprint density at radius 3 is 2.45 bits per heavy atom. The molecule has 1 aromatic carbocycles. The Balaban J connectivity index is 1.40. The fourth-order valence-electron chi connectivity index (χ4n) is 4.99. The van der Waals surface area contributed by atoms with Gasteiger partial charge in [-0.25, -0.2) is 9.18 Å². The van der Waals surface area contributed by atoms with Crippen molar-refractivity contribution in [1.29, 1.82) is 0 Å². The van der Waals surface area contributed by atoms with Crippen LogP contribution in [0.3, 0.4) is 0 Å². The molecule has 0 aliphatic carbocycles. The number of rotatable bonds is 9. The molecule has 40 heavy (non-hydrogen) atoms. The predicted octanol–water partition coefficient (Wildman–Crippen LogP) is 1.22. The number of benzene rings is 1. The number of esters is 1. The van der Waals surface area contributed by atoms with Crippen molar-refractivity contribution in [2.24, 2.45) is 0 Å². The molecule has 0 unspecified atom stereocenters. The first-order valence-electron chi connectivity index (χ1n) is 13.0. The van der Waals surface area contributed by atoms with Crippen LogP contribution in [-0.2, 0) is 34.1 Å². The van der Waals surface area contributed by atoms with E-state index in [2.05, 4.69) is 15.2 Å². The van der Waals surface area contributed by atoms with E-state index in [1.54, 1.807) is 19.1 Å². The van der Waals surface area contributed by atoms with Crippen molar-refractivity contribution < 1.29 is 38.5 Å². The second kappa shape index (κ2) is 12.6. The Kier molecular flexibility index (Phi) is 9.17. The van der Waals surface area contributed by atoms with Crippen LogP contribution in [0.5, 0.6) is 5.75 Å². The standard InChI is InChI=1S/C27H34FN5O7/c1-16-26(39-18(3)37)22(15-35)21(14-34)24(30-16)13-31-6-8-32(9-7-31)25-5-4-19(10-23(25)28)33-12-20(40-27(33)38)11-29-17(2)36/h4-5,10,20,34-35H,6-9,11-15H2,1-3H3,(H,29,36)/t20-/m0/s1. The molecule has 0 bridgehead atoms. The van der Waals surface area contributed by atoms with Crippen LogP contribution in [0.25, 0.3) is 0 Å². The van der Waals surface area contributed by atoms with Gasteiger partial charge < -0.3 is 29.9 Å². The molecule has 1 atom stereocenters. The van der Waals surface area contributed by atoms with Gasteiger partial charge in [-0.2, -0.15) is 0 Å². The van der Waals surface area contributed by atoms with Gasteiger partial charge in [0.1, 0.15) is 11.9 Å². The number of cyclic esters (lactones) is 1. The Labute approximate surface area is 231 Å². The minimum atomic E-state index is -0.590. The maximum Gasteiger partial charge on any atom is 0.414 e. The predicted molar refractivity (Wildman–Crippen MR) is 142 cm³/mol. The molecular formula is C27H34FN5O7. The number of aliphatic hydroxyl groups is 2. The highest BCUT2D eigenvalue weighted by Gasteiger charge is 2.33. The molecule has 2 saturated heterocycles. The summed E-state index contributed by atoms with van der Waals surface area (Å²) in [5.74, 6) is -1.06. The molecule has 4 rings (SSSR count). The van der Waals surface area contributed by atoms with Gasteiger partial charge in [0.15, 0.2) is 5.75 Å². The zero-order valence-electron chi connectivity index (χ0n) is 22.8. The Morgan fingerprint density at radius 2 is 1.85 bits per heavy atom. The lowest BCUT2D eigenvalue weighted by Crippen LogP contribution is -2.46. The number of halogens is 1. The third kappa shape index (κ3) is 6.49. The molecule has 2 aromatic rings. The summed E-state index contributed by atoms with van der Waals surface area (Å²) in [4.78, 5) is 44.8. The normalized spacial score (nSPS) is 17.6. The van der Waals surface area contributed by atoms with Gasteiger partial charge in [0, 0.05) is 57.7 Å². The van der Waals surface area contributed by atoms with Gasteiger partial charge in [0.25, 0.3) is 0 Å². The average Bonchev–Trinajstić information content (AvgIpc) is 3.29. The van der Waals surface area contributed by atoms with Gasteiger partial charge in [-0.3, -0.25) is 24.4 Å². The third-order valence-electron chi connectivity index (χ3n) is 6.96. The van der Waals surface area contributed by atoms with Crippen molar-refractivity contribution in [3.05, 3.63) is 46.5 Å². The first-order chi connectivity index (χ1) is 19.1. The fraction of sp³-hybridized carbons (Fsp3) is 0.481. The number of aryl methyl sites for hydroxylation is 1. The van der Waals surface area contributed by atoms with Gasteiger partial charge in [-0.1, -0.05) is 0 Å². The van der Waals surface area contributed by atoms with Gasteiger partial charge in [0.05, 0.1) is 49.1 Å². The number of ether oxygens (including phenoxy) is 2. The maximum atomic E-state index is 15.2. The van der Waals surface area contributed by atoms with Crippen LogP contribution in [0.1, 0.15) is 36.4 Å². The van der Waals surface area contributed by atoms with E-state index in [1.165, 1.54) is 24.8 Å². The molecule has 216 valence electrons. The summed E-state index contributed by atoms with van der Waals surface area (Å²) in [7, 11) is 0. The van der Waals surface area contributed by atoms with Crippen molar-refractivity contribution in [3.63, 3.8) is 0 Å². The molecule has 2 aliphatic rings. The van der Waals surface area contributed by atoms with E-state index in [9.17, 15) is 24.6 Å². The molecule has 3 heterocycles. The quantitative estimate of drug-likeness (QED) is 0.384. The summed E-state index contributed by atoms with van der Waals surface area (Å²) in [5.41, 5.74) is 2.58. The maximum absolute atomic E-state index is 15.2. The summed E-state index contributed by atoms with van der Waals surface area (Å²) in [6.07, 6.45) is -1.10. The summed E-state index contributed by atoms with van der Waals surface area (Å²) in [5, 5.41) is 22.5. The number of pyridine rings is 1. The minimum absolute atomic E-state index is 0.164. The number of carbonyl (C=O) groups excluding carboxylic acids is 3. The lowest BCUT2D eigenvalue weighted by molar-refractivity contribution is -0.132. The van der Waals surface area contributed by atoms with Crippen LogP contribution in [0.4, 0.5) is 20.6 Å². The highest BCUT2D eigenvalue weighted by Crippen LogP contribution is 2.31. The molecule has 2 fully saturated rings. The smallest absolute Gasteiger partial charge is 0.414 e. The van der Waals surface area contributed by atoms with Crippen molar-refractivity contribution in [2.75, 3.05) is 49.1 Å². The van der Waals surface area contributed by atoms with Crippen LogP contribution in [0, 0.1) is 12.7 Å². The second-order valence-electron chi connectivity index (χ2n) is 9.79. The summed E-state index contributed by atoms with van der Waals surface area (Å²) >= 11 is 0. The summed E-state index contributed by atoms with van der Waals surface area (Å²) in [6.45, 7) is 6.58. The number of anilines is 2. The number of carbonyl (C=O) groups is 3. The number of hydrogen-bond donors (Lipinski definition) is 3. The van der Waals surface area contributed by atoms with Crippen LogP contribution < -0.4 is 19.9 Å². The average molecular weight is 560 g/mol. The fourth-order valence-corrected chi connectivity index (χ4v) is 4.99. The lowest BCUT2D eigenvalue weighted by atomic mass is 10.0. The van der Waals surface area contributed by atoms with Crippen molar-refractivity contribution in [1.82, 2.24) is 15.2 Å². The summed E-state index contributed by atoms with van der Waals surface area (Å²) < 4.78 is 25.7. The molecule has 0 saturated carbocycles. The van der Waals surface area contributed by atoms with Gasteiger partial charge in [0.2, 0.25) is 5.91 Å². The number of nitrogens with one attached hydrogen (secondary N) is 1. The molecule has 12 nitrogen and oxygen atoms in total. The van der Waals surface area contributed by atoms with Crippen molar-refractivity contribution >= 4 is 29.3 Å². The van der Waals surface area contributed by atoms with E-state index in [0.717, 1.165) is 0 Å². The van der Waals surface area contributed by atoms with E-state index >= 15 is 4.39 Å². The zero-order chi connectivity index (χ0) is 29.0. The Hall–Kier alpha value is -3.81. The van der Waals surface area contributed by atoms with Crippen LogP contribution in [0.15, 0.2) is 18.2 Å². The zero-order valence-corrected chi connectivity index (χ0v) is 22.8. The lowest BCUT2D eigenvalue weighted by Gasteiger charge is -2.36. The first-order valence-corrected chi connectivity index (χ1v) is 13.0. The number of nitrogens with zero attached hydrogens (tertiary/aromatic N) is 4. The van der Waals surface area contributed by atoms with E-state index in [1.807, 2.05) is 4.90 Å². The number of aromatic nitrogens is 1. The molecule has 2 aliphatic heterocycles. The molecule has 3 N–H and O–H groups in total. The van der Waals surface area contributed by atoms with Crippen LogP contribution >= 0.6 is 0 Å². The molecule has 1 aromatic heterocycles. The minimum Gasteiger partial charge on any atom is -0.442 e. The van der Waals surface area contributed by atoms with Gasteiger partial charge in [-0.05, 0) is 25.1 Å². The number of amides is 2. The number of aliphatic hydroxyl groups excluding tert-OH is 2. The van der Waals surface area contributed by atoms with Crippen LogP contribution in [0.2, 0.25) is 0 Å². The second-order valence-corrected chi connectivity index (χ2v) is 9.79. The molecule has 2 amide bonds. The molecule has 13 heteroatoms. The van der Waals surface area contributed by atoms with Crippen LogP contribution in [-0.4, -0.2) is 83.4 Å². The molecular weight excluding hydrogens is 525 g/mol. The van der Waals surface area contributed by atoms with E-state index < -0.39 is 30.6 Å². The Morgan fingerprint density at radius 1 is 1.15 bits per heavy atom. The number of piperazine rings is 1. The highest BCUT2D eigenvalue weighted by atomic mass is 19.1. The van der Waals surface area contributed by atoms with Crippen molar-refractivity contribution in [3.8, 4) is 5.75 Å². The third-order valence-corrected chi connectivity index (χ3v) is 6.96. The van der Waals surface area contributed by atoms with Gasteiger partial charge in [-0.15, -0.1) is 0 Å².